The van der Waals surface area contributed by atoms with Gasteiger partial charge in [-0.05, 0) is 31.5 Å². The summed E-state index contributed by atoms with van der Waals surface area (Å²) in [6, 6.07) is 6.39. The molecule has 0 bridgehead atoms. The fourth-order valence-corrected chi connectivity index (χ4v) is 5.22. The second-order valence-electron chi connectivity index (χ2n) is 6.85. The van der Waals surface area contributed by atoms with Crippen molar-refractivity contribution >= 4 is 21.9 Å². The maximum Gasteiger partial charge on any atom is 0.269 e. The normalized spacial score (nSPS) is 19.1. The van der Waals surface area contributed by atoms with Crippen LogP contribution in [0.4, 0.5) is 5.95 Å². The summed E-state index contributed by atoms with van der Waals surface area (Å²) < 4.78 is 26.1. The number of amides is 1. The Hall–Kier alpha value is -2.59. The number of rotatable bonds is 6. The van der Waals surface area contributed by atoms with Gasteiger partial charge < -0.3 is 4.90 Å². The van der Waals surface area contributed by atoms with Crippen LogP contribution in [0.15, 0.2) is 41.8 Å². The third-order valence-electron chi connectivity index (χ3n) is 5.13. The van der Waals surface area contributed by atoms with Crippen molar-refractivity contribution in [3.05, 3.63) is 42.5 Å². The summed E-state index contributed by atoms with van der Waals surface area (Å²) in [5.74, 6) is 0.286. The summed E-state index contributed by atoms with van der Waals surface area (Å²) in [5, 5.41) is 0. The van der Waals surface area contributed by atoms with Gasteiger partial charge in [-0.3, -0.25) is 9.69 Å². The Labute approximate surface area is 164 Å². The van der Waals surface area contributed by atoms with Crippen molar-refractivity contribution in [3.8, 4) is 0 Å². The van der Waals surface area contributed by atoms with Crippen LogP contribution < -0.4 is 4.90 Å². The number of hydrogen-bond donors (Lipinski definition) is 0. The predicted octanol–water partition coefficient (Wildman–Crippen LogP) is 0.618. The highest BCUT2D eigenvalue weighted by atomic mass is 32.2. The molecule has 10 heteroatoms. The maximum atomic E-state index is 12.5. The first-order valence-electron chi connectivity index (χ1n) is 9.33. The molecule has 148 valence electrons. The Balaban J connectivity index is 1.24. The molecule has 1 amide bonds. The number of carbonyl (C=O) groups excluding carboxylic acids is 1. The van der Waals surface area contributed by atoms with Crippen molar-refractivity contribution < 1.29 is 13.2 Å². The summed E-state index contributed by atoms with van der Waals surface area (Å²) in [4.78, 5) is 29.2. The van der Waals surface area contributed by atoms with E-state index in [1.54, 1.807) is 18.2 Å². The lowest BCUT2D eigenvalue weighted by atomic mass is 10.2. The van der Waals surface area contributed by atoms with Crippen LogP contribution in [0.5, 0.6) is 0 Å². The van der Waals surface area contributed by atoms with Gasteiger partial charge in [-0.2, -0.15) is 0 Å². The molecule has 0 spiro atoms. The summed E-state index contributed by atoms with van der Waals surface area (Å²) >= 11 is 0. The Morgan fingerprint density at radius 3 is 2.32 bits per heavy atom. The smallest absolute Gasteiger partial charge is 0.269 e. The lowest BCUT2D eigenvalue weighted by Gasteiger charge is -2.34. The largest absolute Gasteiger partial charge is 0.338 e. The molecule has 2 aromatic rings. The summed E-state index contributed by atoms with van der Waals surface area (Å²) in [6.45, 7) is 4.59. The molecule has 2 aliphatic heterocycles. The van der Waals surface area contributed by atoms with E-state index in [0.717, 1.165) is 43.4 Å². The number of benzene rings is 1. The van der Waals surface area contributed by atoms with Crippen LogP contribution in [0.25, 0.3) is 0 Å². The Bertz CT molecular complexity index is 945. The highest BCUT2D eigenvalue weighted by Gasteiger charge is 2.40. The molecule has 0 radical (unpaired) electrons. The van der Waals surface area contributed by atoms with Gasteiger partial charge >= 0.3 is 0 Å². The zero-order valence-corrected chi connectivity index (χ0v) is 16.3. The minimum absolute atomic E-state index is 0.120. The maximum absolute atomic E-state index is 12.5. The quantitative estimate of drug-likeness (QED) is 0.649. The number of fused-ring (bicyclic) bond motifs is 1. The number of nitrogens with zero attached hydrogens (tertiary/aromatic N) is 6. The summed E-state index contributed by atoms with van der Waals surface area (Å²) in [6.07, 6.45) is 4.48. The van der Waals surface area contributed by atoms with Crippen molar-refractivity contribution in [1.82, 2.24) is 24.2 Å². The van der Waals surface area contributed by atoms with Gasteiger partial charge in [-0.15, -0.1) is 0 Å². The predicted molar refractivity (Wildman–Crippen MR) is 102 cm³/mol. The summed E-state index contributed by atoms with van der Waals surface area (Å²) in [7, 11) is -3.69. The molecule has 2 aliphatic rings. The van der Waals surface area contributed by atoms with E-state index in [1.165, 1.54) is 18.7 Å². The van der Waals surface area contributed by atoms with E-state index < -0.39 is 15.9 Å². The van der Waals surface area contributed by atoms with E-state index in [2.05, 4.69) is 24.8 Å². The van der Waals surface area contributed by atoms with Crippen LogP contribution in [0, 0.1) is 0 Å². The molecule has 1 saturated heterocycles. The van der Waals surface area contributed by atoms with Crippen molar-refractivity contribution in [2.75, 3.05) is 44.2 Å². The van der Waals surface area contributed by atoms with Gasteiger partial charge in [-0.1, -0.05) is 12.1 Å². The Morgan fingerprint density at radius 1 is 0.929 bits per heavy atom. The van der Waals surface area contributed by atoms with Crippen LogP contribution in [-0.2, 0) is 10.0 Å². The molecule has 1 aromatic heterocycles. The molecule has 1 aromatic carbocycles. The SMILES string of the molecule is O=C1c2ccccc2S(=O)(=O)N1CCCCN1CCN(c2ncncn2)CC1. The monoisotopic (exact) mass is 402 g/mol. The first-order valence-corrected chi connectivity index (χ1v) is 10.8. The molecule has 9 nitrogen and oxygen atoms in total. The van der Waals surface area contributed by atoms with E-state index in [1.807, 2.05) is 0 Å². The van der Waals surface area contributed by atoms with E-state index in [4.69, 9.17) is 0 Å². The molecular formula is C18H22N6O3S. The van der Waals surface area contributed by atoms with E-state index in [0.29, 0.717) is 12.4 Å². The standard InChI is InChI=1S/C18H22N6O3S/c25-17-15-5-1-2-6-16(15)28(26,27)24(17)8-4-3-7-22-9-11-23(12-10-22)18-20-13-19-14-21-18/h1-2,5-6,13-14H,3-4,7-12H2. The van der Waals surface area contributed by atoms with E-state index in [-0.39, 0.29) is 17.0 Å². The number of aromatic nitrogens is 3. The Kier molecular flexibility index (Phi) is 5.23. The lowest BCUT2D eigenvalue weighted by molar-refractivity contribution is 0.0868. The van der Waals surface area contributed by atoms with Gasteiger partial charge in [0.15, 0.2) is 0 Å². The highest BCUT2D eigenvalue weighted by molar-refractivity contribution is 7.90. The van der Waals surface area contributed by atoms with Gasteiger partial charge in [0, 0.05) is 32.7 Å². The lowest BCUT2D eigenvalue weighted by Crippen LogP contribution is -2.47. The molecule has 3 heterocycles. The van der Waals surface area contributed by atoms with Crippen LogP contribution in [0.1, 0.15) is 23.2 Å². The van der Waals surface area contributed by atoms with E-state index in [9.17, 15) is 13.2 Å². The van der Waals surface area contributed by atoms with Crippen LogP contribution in [-0.4, -0.2) is 77.8 Å². The molecule has 0 unspecified atom stereocenters. The molecule has 0 saturated carbocycles. The first-order chi connectivity index (χ1) is 13.6. The third-order valence-corrected chi connectivity index (χ3v) is 6.97. The summed E-state index contributed by atoms with van der Waals surface area (Å²) in [5.41, 5.74) is 0.275. The van der Waals surface area contributed by atoms with Crippen molar-refractivity contribution in [2.24, 2.45) is 0 Å². The average molecular weight is 402 g/mol. The topological polar surface area (TPSA) is 99.6 Å². The van der Waals surface area contributed by atoms with Gasteiger partial charge in [0.05, 0.1) is 5.56 Å². The number of hydrogen-bond acceptors (Lipinski definition) is 8. The zero-order valence-electron chi connectivity index (χ0n) is 15.4. The molecule has 0 atom stereocenters. The molecule has 4 rings (SSSR count). The van der Waals surface area contributed by atoms with Gasteiger partial charge in [0.25, 0.3) is 15.9 Å². The Morgan fingerprint density at radius 2 is 1.61 bits per heavy atom. The van der Waals surface area contributed by atoms with Crippen LogP contribution >= 0.6 is 0 Å². The second kappa shape index (κ2) is 7.80. The molecule has 1 fully saturated rings. The van der Waals surface area contributed by atoms with Crippen molar-refractivity contribution in [2.45, 2.75) is 17.7 Å². The number of piperazine rings is 1. The number of sulfonamides is 1. The van der Waals surface area contributed by atoms with Crippen LogP contribution in [0.2, 0.25) is 0 Å². The van der Waals surface area contributed by atoms with Gasteiger partial charge in [-0.25, -0.2) is 27.7 Å². The van der Waals surface area contributed by atoms with Crippen LogP contribution in [0.3, 0.4) is 0 Å². The molecular weight excluding hydrogens is 380 g/mol. The fraction of sp³-hybridized carbons (Fsp3) is 0.444. The van der Waals surface area contributed by atoms with Gasteiger partial charge in [0.1, 0.15) is 17.6 Å². The molecule has 0 N–H and O–H groups in total. The average Bonchev–Trinajstić information content (AvgIpc) is 2.93. The number of anilines is 1. The molecule has 0 aliphatic carbocycles. The number of carbonyl (C=O) groups is 1. The highest BCUT2D eigenvalue weighted by Crippen LogP contribution is 2.30. The van der Waals surface area contributed by atoms with Gasteiger partial charge in [0.2, 0.25) is 5.95 Å². The minimum Gasteiger partial charge on any atom is -0.338 e. The van der Waals surface area contributed by atoms with E-state index >= 15 is 0 Å². The first kappa shape index (κ1) is 18.8. The fourth-order valence-electron chi connectivity index (χ4n) is 3.61. The second-order valence-corrected chi connectivity index (χ2v) is 8.68. The van der Waals surface area contributed by atoms with Crippen molar-refractivity contribution in [3.63, 3.8) is 0 Å². The minimum atomic E-state index is -3.69. The number of unbranched alkanes of at least 4 members (excludes halogenated alkanes) is 1. The molecule has 28 heavy (non-hydrogen) atoms. The third kappa shape index (κ3) is 3.57. The zero-order chi connectivity index (χ0) is 19.6. The van der Waals surface area contributed by atoms with Crippen molar-refractivity contribution in [1.29, 1.82) is 0 Å².